The van der Waals surface area contributed by atoms with Crippen molar-refractivity contribution in [1.82, 2.24) is 0 Å². The van der Waals surface area contributed by atoms with Gasteiger partial charge in [0.1, 0.15) is 5.75 Å². The fraction of sp³-hybridized carbons (Fsp3) is 0.273. The van der Waals surface area contributed by atoms with Gasteiger partial charge in [-0.25, -0.2) is 0 Å². The van der Waals surface area contributed by atoms with Gasteiger partial charge in [0.15, 0.2) is 0 Å². The van der Waals surface area contributed by atoms with Crippen molar-refractivity contribution in [3.63, 3.8) is 0 Å². The second-order valence-corrected chi connectivity index (χ2v) is 3.34. The summed E-state index contributed by atoms with van der Waals surface area (Å²) in [7, 11) is 0. The van der Waals surface area contributed by atoms with Crippen molar-refractivity contribution in [3.8, 4) is 5.75 Å². The lowest BCUT2D eigenvalue weighted by atomic mass is 10.2. The number of hydrogen-bond acceptors (Lipinski definition) is 2. The Labute approximate surface area is 91.5 Å². The Kier molecular flexibility index (Phi) is 3.95. The molecule has 0 saturated carbocycles. The van der Waals surface area contributed by atoms with Crippen LogP contribution in [0.5, 0.6) is 5.75 Å². The molecule has 0 aliphatic carbocycles. The number of rotatable bonds is 3. The summed E-state index contributed by atoms with van der Waals surface area (Å²) in [6.45, 7) is 1.80. The molecule has 5 heteroatoms. The molecule has 0 heterocycles. The monoisotopic (exact) mass is 231 g/mol. The molecule has 0 aromatic heterocycles. The minimum atomic E-state index is -4.65. The zero-order chi connectivity index (χ0) is 12.2. The summed E-state index contributed by atoms with van der Waals surface area (Å²) in [6, 6.07) is 5.48. The Balaban J connectivity index is 2.68. The Morgan fingerprint density at radius 3 is 2.25 bits per heavy atom. The van der Waals surface area contributed by atoms with Gasteiger partial charge in [0.05, 0.1) is 0 Å². The van der Waals surface area contributed by atoms with Crippen molar-refractivity contribution in [2.24, 2.45) is 5.73 Å². The summed E-state index contributed by atoms with van der Waals surface area (Å²) in [5, 5.41) is 0. The topological polar surface area (TPSA) is 35.2 Å². The van der Waals surface area contributed by atoms with Crippen molar-refractivity contribution in [2.45, 2.75) is 19.3 Å². The summed E-state index contributed by atoms with van der Waals surface area (Å²) in [5.41, 5.74) is 6.26. The van der Waals surface area contributed by atoms with Gasteiger partial charge in [0.2, 0.25) is 0 Å². The molecule has 0 amide bonds. The normalized spacial score (nSPS) is 14.1. The third-order valence-electron chi connectivity index (χ3n) is 1.71. The first-order chi connectivity index (χ1) is 7.37. The summed E-state index contributed by atoms with van der Waals surface area (Å²) >= 11 is 0. The molecule has 1 aromatic carbocycles. The smallest absolute Gasteiger partial charge is 0.406 e. The highest BCUT2D eigenvalue weighted by atomic mass is 19.4. The van der Waals surface area contributed by atoms with Crippen molar-refractivity contribution >= 4 is 6.08 Å². The zero-order valence-corrected chi connectivity index (χ0v) is 8.66. The molecule has 0 aliphatic rings. The van der Waals surface area contributed by atoms with Gasteiger partial charge in [0, 0.05) is 6.04 Å². The van der Waals surface area contributed by atoms with Crippen molar-refractivity contribution in [3.05, 3.63) is 35.9 Å². The van der Waals surface area contributed by atoms with Crippen LogP contribution in [0.4, 0.5) is 13.2 Å². The van der Waals surface area contributed by atoms with Gasteiger partial charge < -0.3 is 10.5 Å². The molecule has 0 saturated heterocycles. The van der Waals surface area contributed by atoms with E-state index in [1.807, 2.05) is 0 Å². The van der Waals surface area contributed by atoms with E-state index in [0.717, 1.165) is 5.56 Å². The molecule has 1 atom stereocenters. The summed E-state index contributed by atoms with van der Waals surface area (Å²) in [6.07, 6.45) is -1.16. The third-order valence-corrected chi connectivity index (χ3v) is 1.71. The highest BCUT2D eigenvalue weighted by Crippen LogP contribution is 2.22. The van der Waals surface area contributed by atoms with E-state index in [2.05, 4.69) is 4.74 Å². The summed E-state index contributed by atoms with van der Waals surface area (Å²) in [4.78, 5) is 0. The fourth-order valence-electron chi connectivity index (χ4n) is 1.04. The fourth-order valence-corrected chi connectivity index (χ4v) is 1.04. The predicted molar refractivity (Wildman–Crippen MR) is 55.8 cm³/mol. The molecule has 0 spiro atoms. The van der Waals surface area contributed by atoms with E-state index >= 15 is 0 Å². The van der Waals surface area contributed by atoms with Gasteiger partial charge in [-0.05, 0) is 24.6 Å². The lowest BCUT2D eigenvalue weighted by molar-refractivity contribution is -0.274. The van der Waals surface area contributed by atoms with E-state index in [1.54, 1.807) is 19.1 Å². The number of ether oxygens (including phenoxy) is 1. The molecule has 1 unspecified atom stereocenters. The van der Waals surface area contributed by atoms with Crippen LogP contribution in [0.2, 0.25) is 0 Å². The molecule has 0 fully saturated rings. The van der Waals surface area contributed by atoms with E-state index in [4.69, 9.17) is 5.73 Å². The minimum absolute atomic E-state index is 0.0916. The lowest BCUT2D eigenvalue weighted by Gasteiger charge is -2.08. The van der Waals surface area contributed by atoms with E-state index in [0.29, 0.717) is 0 Å². The number of halogens is 3. The van der Waals surface area contributed by atoms with E-state index in [-0.39, 0.29) is 11.8 Å². The highest BCUT2D eigenvalue weighted by Gasteiger charge is 2.30. The summed E-state index contributed by atoms with van der Waals surface area (Å²) in [5.74, 6) is -0.231. The van der Waals surface area contributed by atoms with Crippen LogP contribution in [0, 0.1) is 0 Å². The van der Waals surface area contributed by atoms with Crippen LogP contribution in [0.15, 0.2) is 30.3 Å². The molecular formula is C11H12F3NO. The lowest BCUT2D eigenvalue weighted by Crippen LogP contribution is -2.16. The van der Waals surface area contributed by atoms with Crippen LogP contribution in [0.1, 0.15) is 12.5 Å². The van der Waals surface area contributed by atoms with Crippen molar-refractivity contribution in [2.75, 3.05) is 0 Å². The maximum Gasteiger partial charge on any atom is 0.573 e. The number of nitrogens with two attached hydrogens (primary N) is 1. The maximum atomic E-state index is 11.8. The Morgan fingerprint density at radius 1 is 1.25 bits per heavy atom. The zero-order valence-electron chi connectivity index (χ0n) is 8.66. The first-order valence-corrected chi connectivity index (χ1v) is 4.66. The molecule has 2 N–H and O–H groups in total. The predicted octanol–water partition coefficient (Wildman–Crippen LogP) is 2.95. The Hall–Kier alpha value is -1.49. The third kappa shape index (κ3) is 4.84. The van der Waals surface area contributed by atoms with Crippen molar-refractivity contribution < 1.29 is 17.9 Å². The molecule has 0 bridgehead atoms. The van der Waals surface area contributed by atoms with E-state index in [9.17, 15) is 13.2 Å². The standard InChI is InChI=1S/C11H12F3NO/c1-8(15)2-3-9-4-6-10(7-5-9)16-11(12,13)14/h2-8H,15H2,1H3/b3-2+. The quantitative estimate of drug-likeness (QED) is 0.868. The largest absolute Gasteiger partial charge is 0.573 e. The molecular weight excluding hydrogens is 219 g/mol. The maximum absolute atomic E-state index is 11.8. The number of alkyl halides is 3. The molecule has 88 valence electrons. The van der Waals surface area contributed by atoms with Crippen LogP contribution in [0.25, 0.3) is 6.08 Å². The second-order valence-electron chi connectivity index (χ2n) is 3.34. The van der Waals surface area contributed by atoms with Gasteiger partial charge >= 0.3 is 6.36 Å². The first-order valence-electron chi connectivity index (χ1n) is 4.66. The Bertz CT molecular complexity index is 354. The molecule has 0 radical (unpaired) electrons. The van der Waals surface area contributed by atoms with Crippen LogP contribution in [-0.4, -0.2) is 12.4 Å². The van der Waals surface area contributed by atoms with Crippen LogP contribution in [-0.2, 0) is 0 Å². The highest BCUT2D eigenvalue weighted by molar-refractivity contribution is 5.51. The van der Waals surface area contributed by atoms with Crippen LogP contribution < -0.4 is 10.5 Å². The van der Waals surface area contributed by atoms with Crippen LogP contribution in [0.3, 0.4) is 0 Å². The number of benzene rings is 1. The SMILES string of the molecule is CC(N)/C=C/c1ccc(OC(F)(F)F)cc1. The molecule has 0 aliphatic heterocycles. The van der Waals surface area contributed by atoms with Gasteiger partial charge in [-0.2, -0.15) is 0 Å². The average Bonchev–Trinajstić information content (AvgIpc) is 2.14. The van der Waals surface area contributed by atoms with E-state index < -0.39 is 6.36 Å². The van der Waals surface area contributed by atoms with Gasteiger partial charge in [0.25, 0.3) is 0 Å². The second kappa shape index (κ2) is 5.03. The van der Waals surface area contributed by atoms with Gasteiger partial charge in [-0.1, -0.05) is 24.3 Å². The average molecular weight is 231 g/mol. The molecule has 1 aromatic rings. The number of hydrogen-bond donors (Lipinski definition) is 1. The van der Waals surface area contributed by atoms with Crippen LogP contribution >= 0.6 is 0 Å². The van der Waals surface area contributed by atoms with E-state index in [1.165, 1.54) is 24.3 Å². The first kappa shape index (κ1) is 12.6. The molecule has 2 nitrogen and oxygen atoms in total. The molecule has 1 rings (SSSR count). The summed E-state index contributed by atoms with van der Waals surface area (Å²) < 4.78 is 39.3. The van der Waals surface area contributed by atoms with Gasteiger partial charge in [-0.15, -0.1) is 13.2 Å². The minimum Gasteiger partial charge on any atom is -0.406 e. The van der Waals surface area contributed by atoms with Gasteiger partial charge in [-0.3, -0.25) is 0 Å². The van der Waals surface area contributed by atoms with Crippen molar-refractivity contribution in [1.29, 1.82) is 0 Å². The Morgan fingerprint density at radius 2 is 1.81 bits per heavy atom. The molecule has 16 heavy (non-hydrogen) atoms.